The first-order valence-electron chi connectivity index (χ1n) is 10.9. The van der Waals surface area contributed by atoms with E-state index in [-0.39, 0.29) is 23.8 Å². The van der Waals surface area contributed by atoms with Crippen molar-refractivity contribution in [1.29, 1.82) is 0 Å². The molecule has 8 nitrogen and oxygen atoms in total. The number of hydrazine groups is 1. The van der Waals surface area contributed by atoms with Gasteiger partial charge in [-0.25, -0.2) is 0 Å². The van der Waals surface area contributed by atoms with E-state index in [2.05, 4.69) is 5.11 Å². The Hall–Kier alpha value is -2.61. The minimum atomic E-state index is -0.920. The highest BCUT2D eigenvalue weighted by molar-refractivity contribution is 6.21. The van der Waals surface area contributed by atoms with E-state index >= 15 is 0 Å². The molecule has 3 atom stereocenters. The highest BCUT2D eigenvalue weighted by Gasteiger charge is 2.70. The van der Waals surface area contributed by atoms with Crippen LogP contribution in [-0.2, 0) is 9.53 Å². The smallest absolute Gasteiger partial charge is 0.304 e. The summed E-state index contributed by atoms with van der Waals surface area (Å²) in [6, 6.07) is 6.88. The number of benzene rings is 1. The molecule has 1 saturated heterocycles. The minimum Gasteiger partial charge on any atom is -0.436 e. The zero-order chi connectivity index (χ0) is 20.9. The van der Waals surface area contributed by atoms with E-state index < -0.39 is 11.4 Å². The van der Waals surface area contributed by atoms with Gasteiger partial charge in [-0.3, -0.25) is 14.4 Å². The number of esters is 1. The van der Waals surface area contributed by atoms with Gasteiger partial charge in [-0.05, 0) is 44.2 Å². The molecule has 2 heterocycles. The fraction of sp³-hybridized carbons (Fsp3) is 0.591. The molecule has 8 heteroatoms. The number of rotatable bonds is 4. The van der Waals surface area contributed by atoms with Gasteiger partial charge in [0, 0.05) is 19.8 Å². The van der Waals surface area contributed by atoms with Crippen LogP contribution in [0, 0.1) is 0 Å². The van der Waals surface area contributed by atoms with Gasteiger partial charge in [-0.2, -0.15) is 15.1 Å². The second kappa shape index (κ2) is 6.97. The summed E-state index contributed by atoms with van der Waals surface area (Å²) in [5.41, 5.74) is -0.753. The number of imide groups is 1. The molecule has 0 radical (unpaired) electrons. The van der Waals surface area contributed by atoms with Crippen molar-refractivity contribution in [1.82, 2.24) is 10.0 Å². The molecule has 2 amide bonds. The topological polar surface area (TPSA) is 91.4 Å². The maximum atomic E-state index is 13.0. The highest BCUT2D eigenvalue weighted by atomic mass is 16.6. The average molecular weight is 410 g/mol. The maximum absolute atomic E-state index is 13.0. The lowest BCUT2D eigenvalue weighted by atomic mass is 9.92. The largest absolute Gasteiger partial charge is 0.436 e. The lowest BCUT2D eigenvalue weighted by molar-refractivity contribution is -0.160. The lowest BCUT2D eigenvalue weighted by Gasteiger charge is -2.32. The molecule has 0 bridgehead atoms. The van der Waals surface area contributed by atoms with Gasteiger partial charge in [-0.15, -0.1) is 5.11 Å². The number of hydrogen-bond donors (Lipinski definition) is 0. The van der Waals surface area contributed by atoms with Crippen LogP contribution in [-0.4, -0.2) is 45.2 Å². The zero-order valence-corrected chi connectivity index (χ0v) is 17.2. The van der Waals surface area contributed by atoms with Gasteiger partial charge in [0.1, 0.15) is 0 Å². The third kappa shape index (κ3) is 2.88. The molecule has 5 rings (SSSR count). The Bertz CT molecular complexity index is 904. The van der Waals surface area contributed by atoms with Crippen molar-refractivity contribution in [2.75, 3.05) is 0 Å². The predicted molar refractivity (Wildman–Crippen MR) is 106 cm³/mol. The van der Waals surface area contributed by atoms with Crippen molar-refractivity contribution in [3.8, 4) is 0 Å². The molecule has 2 saturated carbocycles. The molecule has 158 valence electrons. The van der Waals surface area contributed by atoms with Crippen molar-refractivity contribution in [3.63, 3.8) is 0 Å². The minimum absolute atomic E-state index is 0.0322. The Balaban J connectivity index is 1.46. The molecular formula is C22H26N4O4. The summed E-state index contributed by atoms with van der Waals surface area (Å²) in [7, 11) is 0. The van der Waals surface area contributed by atoms with Gasteiger partial charge in [0.2, 0.25) is 5.72 Å². The number of carbonyl (C=O) groups excluding carboxylic acids is 3. The molecule has 1 aromatic rings. The lowest BCUT2D eigenvalue weighted by Crippen LogP contribution is -2.39. The molecule has 0 aromatic heterocycles. The van der Waals surface area contributed by atoms with Crippen LogP contribution in [0.2, 0.25) is 0 Å². The first kappa shape index (κ1) is 19.4. The summed E-state index contributed by atoms with van der Waals surface area (Å²) in [6.45, 7) is 1.40. The van der Waals surface area contributed by atoms with Gasteiger partial charge in [-0.1, -0.05) is 25.0 Å². The molecular weight excluding hydrogens is 384 g/mol. The number of ether oxygens (including phenoxy) is 1. The van der Waals surface area contributed by atoms with Crippen molar-refractivity contribution >= 4 is 17.8 Å². The van der Waals surface area contributed by atoms with Crippen LogP contribution in [0.1, 0.15) is 85.4 Å². The number of fused-ring (bicyclic) bond motifs is 2. The van der Waals surface area contributed by atoms with E-state index in [9.17, 15) is 14.4 Å². The fourth-order valence-corrected chi connectivity index (χ4v) is 5.34. The van der Waals surface area contributed by atoms with E-state index in [1.165, 1.54) is 11.9 Å². The van der Waals surface area contributed by atoms with Crippen LogP contribution >= 0.6 is 0 Å². The average Bonchev–Trinajstić information content (AvgIpc) is 3.33. The van der Waals surface area contributed by atoms with Gasteiger partial charge >= 0.3 is 5.97 Å². The number of azo groups is 1. The van der Waals surface area contributed by atoms with E-state index in [0.29, 0.717) is 24.0 Å². The molecule has 30 heavy (non-hydrogen) atoms. The predicted octanol–water partition coefficient (Wildman–Crippen LogP) is 3.83. The summed E-state index contributed by atoms with van der Waals surface area (Å²) in [5, 5.41) is 12.4. The molecule has 2 aliphatic heterocycles. The van der Waals surface area contributed by atoms with E-state index in [0.717, 1.165) is 44.9 Å². The van der Waals surface area contributed by atoms with E-state index in [1.807, 2.05) is 5.01 Å². The normalized spacial score (nSPS) is 32.1. The monoisotopic (exact) mass is 410 g/mol. The Morgan fingerprint density at radius 3 is 2.23 bits per heavy atom. The first-order valence-corrected chi connectivity index (χ1v) is 10.9. The summed E-state index contributed by atoms with van der Waals surface area (Å²) < 4.78 is 5.62. The van der Waals surface area contributed by atoms with Gasteiger partial charge < -0.3 is 4.74 Å². The van der Waals surface area contributed by atoms with Gasteiger partial charge in [0.25, 0.3) is 11.8 Å². The Morgan fingerprint density at radius 1 is 0.967 bits per heavy atom. The maximum Gasteiger partial charge on any atom is 0.304 e. The number of carbonyl (C=O) groups is 3. The van der Waals surface area contributed by atoms with Crippen LogP contribution < -0.4 is 0 Å². The third-order valence-corrected chi connectivity index (χ3v) is 6.79. The van der Waals surface area contributed by atoms with Crippen molar-refractivity contribution in [2.24, 2.45) is 10.2 Å². The molecule has 3 unspecified atom stereocenters. The van der Waals surface area contributed by atoms with Crippen LogP contribution in [0.5, 0.6) is 0 Å². The number of amides is 2. The molecule has 3 fully saturated rings. The Labute approximate surface area is 175 Å². The zero-order valence-electron chi connectivity index (χ0n) is 17.2. The van der Waals surface area contributed by atoms with Crippen LogP contribution in [0.4, 0.5) is 0 Å². The second-order valence-corrected chi connectivity index (χ2v) is 8.75. The summed E-state index contributed by atoms with van der Waals surface area (Å²) in [6.07, 6.45) is 7.83. The Morgan fingerprint density at radius 2 is 1.60 bits per heavy atom. The van der Waals surface area contributed by atoms with Crippen molar-refractivity contribution in [2.45, 2.75) is 82.1 Å². The molecule has 1 aromatic carbocycles. The van der Waals surface area contributed by atoms with E-state index in [4.69, 9.17) is 9.85 Å². The SMILES string of the molecule is CC(=O)OC1(/N=N/C23CCCCC2N3N2C(=O)c3ccccc3C2=O)CCCCC1. The van der Waals surface area contributed by atoms with Gasteiger partial charge in [0.15, 0.2) is 5.66 Å². The van der Waals surface area contributed by atoms with Crippen LogP contribution in [0.3, 0.4) is 0 Å². The number of nitrogens with zero attached hydrogens (tertiary/aromatic N) is 4. The quantitative estimate of drug-likeness (QED) is 0.326. The third-order valence-electron chi connectivity index (χ3n) is 6.79. The summed E-state index contributed by atoms with van der Waals surface area (Å²) in [4.78, 5) is 37.7. The van der Waals surface area contributed by atoms with Crippen molar-refractivity contribution in [3.05, 3.63) is 35.4 Å². The van der Waals surface area contributed by atoms with Crippen LogP contribution in [0.25, 0.3) is 0 Å². The highest BCUT2D eigenvalue weighted by Crippen LogP contribution is 2.55. The molecule has 4 aliphatic rings. The molecule has 0 N–H and O–H groups in total. The first-order chi connectivity index (χ1) is 14.5. The molecule has 2 aliphatic carbocycles. The fourth-order valence-electron chi connectivity index (χ4n) is 5.34. The van der Waals surface area contributed by atoms with Crippen LogP contribution in [0.15, 0.2) is 34.5 Å². The van der Waals surface area contributed by atoms with Gasteiger partial charge in [0.05, 0.1) is 17.2 Å². The van der Waals surface area contributed by atoms with E-state index in [1.54, 1.807) is 24.3 Å². The number of hydrogen-bond acceptors (Lipinski definition) is 7. The molecule has 0 spiro atoms. The standard InChI is InChI=1S/C22H26N4O4/c1-15(27)30-21(12-6-2-7-13-21)23-24-22-14-8-5-11-18(22)26(22)25-19(28)16-9-3-4-10-17(16)20(25)29/h3-4,9-10,18H,2,5-8,11-14H2,1H3/b24-23+. The van der Waals surface area contributed by atoms with Crippen molar-refractivity contribution < 1.29 is 19.1 Å². The Kier molecular flexibility index (Phi) is 4.50. The second-order valence-electron chi connectivity index (χ2n) is 8.75. The summed E-state index contributed by atoms with van der Waals surface area (Å²) >= 11 is 0. The summed E-state index contributed by atoms with van der Waals surface area (Å²) in [5.74, 6) is -0.958.